The highest BCUT2D eigenvalue weighted by Crippen LogP contribution is 2.30. The van der Waals surface area contributed by atoms with Gasteiger partial charge in [0.15, 0.2) is 16.9 Å². The number of aryl methyl sites for hydroxylation is 2. The molecule has 1 aromatic carbocycles. The number of rotatable bonds is 8. The lowest BCUT2D eigenvalue weighted by molar-refractivity contribution is -0.0514. The van der Waals surface area contributed by atoms with E-state index < -0.39 is 17.4 Å². The maximum atomic E-state index is 12.6. The summed E-state index contributed by atoms with van der Waals surface area (Å²) in [5.74, 6) is 0.347. The molecule has 0 aliphatic heterocycles. The van der Waals surface area contributed by atoms with E-state index in [0.717, 1.165) is 11.4 Å². The van der Waals surface area contributed by atoms with Gasteiger partial charge < -0.3 is 14.0 Å². The highest BCUT2D eigenvalue weighted by atomic mass is 32.2. The molecule has 1 unspecified atom stereocenters. The molecule has 1 heterocycles. The summed E-state index contributed by atoms with van der Waals surface area (Å²) in [6, 6.07) is 7.63. The number of halogens is 2. The summed E-state index contributed by atoms with van der Waals surface area (Å²) in [5.41, 5.74) is 2.18. The number of ether oxygens (including phenoxy) is 2. The fourth-order valence-electron chi connectivity index (χ4n) is 2.47. The average molecular weight is 397 g/mol. The second-order valence-electron chi connectivity index (χ2n) is 5.87. The van der Waals surface area contributed by atoms with Crippen LogP contribution in [0.25, 0.3) is 12.3 Å². The zero-order chi connectivity index (χ0) is 20.0. The molecule has 0 saturated carbocycles. The highest BCUT2D eigenvalue weighted by Gasteiger charge is 2.11. The van der Waals surface area contributed by atoms with Gasteiger partial charge in [-0.25, -0.2) is 0 Å². The third kappa shape index (κ3) is 6.32. The number of hydrogen-bond donors (Lipinski definition) is 0. The second-order valence-corrected chi connectivity index (χ2v) is 7.42. The molecule has 27 heavy (non-hydrogen) atoms. The van der Waals surface area contributed by atoms with E-state index in [4.69, 9.17) is 4.74 Å². The highest BCUT2D eigenvalue weighted by molar-refractivity contribution is 7.84. The fourth-order valence-corrected chi connectivity index (χ4v) is 2.79. The van der Waals surface area contributed by atoms with E-state index in [0.29, 0.717) is 5.56 Å². The van der Waals surface area contributed by atoms with Crippen LogP contribution >= 0.6 is 0 Å². The molecule has 8 heteroatoms. The van der Waals surface area contributed by atoms with Gasteiger partial charge in [0.2, 0.25) is 0 Å². The second kappa shape index (κ2) is 9.45. The minimum atomic E-state index is -2.97. The van der Waals surface area contributed by atoms with Crippen molar-refractivity contribution in [2.24, 2.45) is 0 Å². The Labute approximate surface area is 158 Å². The molecule has 1 aromatic heterocycles. The molecule has 2 aromatic rings. The van der Waals surface area contributed by atoms with Gasteiger partial charge in [0.05, 0.1) is 12.4 Å². The molecule has 0 bridgehead atoms. The Morgan fingerprint density at radius 1 is 1.15 bits per heavy atom. The van der Waals surface area contributed by atoms with Gasteiger partial charge in [0, 0.05) is 46.8 Å². The molecule has 2 rings (SSSR count). The zero-order valence-electron chi connectivity index (χ0n) is 15.3. The van der Waals surface area contributed by atoms with E-state index in [1.807, 2.05) is 18.4 Å². The summed E-state index contributed by atoms with van der Waals surface area (Å²) in [5, 5.41) is 0. The summed E-state index contributed by atoms with van der Waals surface area (Å²) in [6.07, 6.45) is 5.08. The van der Waals surface area contributed by atoms with Crippen molar-refractivity contribution in [3.63, 3.8) is 0 Å². The molecular formula is C19H21F2NO4S. The van der Waals surface area contributed by atoms with Gasteiger partial charge >= 0.3 is 6.61 Å². The molecule has 0 spiro atoms. The van der Waals surface area contributed by atoms with Crippen LogP contribution < -0.4 is 14.9 Å². The molecule has 0 saturated heterocycles. The smallest absolute Gasteiger partial charge is 0.387 e. The standard InChI is InChI=1S/C19H21F2NO4S/c1-13-10-16(23)11-14(2)22(13)7-6-15-4-5-17(26-19(20)21)18(12-15)25-8-9-27(3)24/h4-7,10-12,19H,8-9H2,1-3H3/b7-6+. The Morgan fingerprint density at radius 2 is 1.81 bits per heavy atom. The van der Waals surface area contributed by atoms with Crippen LogP contribution in [0.2, 0.25) is 0 Å². The number of aromatic nitrogens is 1. The van der Waals surface area contributed by atoms with Crippen molar-refractivity contribution >= 4 is 23.1 Å². The van der Waals surface area contributed by atoms with E-state index >= 15 is 0 Å². The number of alkyl halides is 2. The number of hydrogen-bond acceptors (Lipinski definition) is 4. The summed E-state index contributed by atoms with van der Waals surface area (Å²) in [7, 11) is -1.05. The van der Waals surface area contributed by atoms with Crippen molar-refractivity contribution in [2.45, 2.75) is 20.5 Å². The number of nitrogens with zero attached hydrogens (tertiary/aromatic N) is 1. The Kier molecular flexibility index (Phi) is 7.29. The van der Waals surface area contributed by atoms with Crippen molar-refractivity contribution in [2.75, 3.05) is 18.6 Å². The van der Waals surface area contributed by atoms with Gasteiger partial charge in [-0.15, -0.1) is 0 Å². The largest absolute Gasteiger partial charge is 0.489 e. The maximum Gasteiger partial charge on any atom is 0.387 e. The normalized spacial score (nSPS) is 12.5. The van der Waals surface area contributed by atoms with E-state index in [9.17, 15) is 17.8 Å². The first kappa shape index (κ1) is 20.8. The van der Waals surface area contributed by atoms with Gasteiger partial charge in [0.1, 0.15) is 0 Å². The molecule has 146 valence electrons. The monoisotopic (exact) mass is 397 g/mol. The van der Waals surface area contributed by atoms with Gasteiger partial charge in [-0.2, -0.15) is 8.78 Å². The lowest BCUT2D eigenvalue weighted by atomic mass is 10.2. The van der Waals surface area contributed by atoms with Crippen LogP contribution in [0.3, 0.4) is 0 Å². The minimum Gasteiger partial charge on any atom is -0.489 e. The molecule has 0 radical (unpaired) electrons. The lowest BCUT2D eigenvalue weighted by Gasteiger charge is -2.13. The third-order valence-corrected chi connectivity index (χ3v) is 4.43. The molecule has 5 nitrogen and oxygen atoms in total. The molecule has 1 atom stereocenters. The first-order valence-corrected chi connectivity index (χ1v) is 9.88. The Morgan fingerprint density at radius 3 is 2.41 bits per heavy atom. The summed E-state index contributed by atoms with van der Waals surface area (Å²) >= 11 is 0. The van der Waals surface area contributed by atoms with E-state index in [1.54, 1.807) is 24.4 Å². The fraction of sp³-hybridized carbons (Fsp3) is 0.316. The van der Waals surface area contributed by atoms with E-state index in [1.165, 1.54) is 24.5 Å². The maximum absolute atomic E-state index is 12.6. The van der Waals surface area contributed by atoms with Gasteiger partial charge in [-0.1, -0.05) is 6.07 Å². The molecule has 0 N–H and O–H groups in total. The van der Waals surface area contributed by atoms with E-state index in [-0.39, 0.29) is 29.3 Å². The summed E-state index contributed by atoms with van der Waals surface area (Å²) in [4.78, 5) is 11.5. The van der Waals surface area contributed by atoms with Crippen molar-refractivity contribution in [1.29, 1.82) is 0 Å². The molecule has 0 aliphatic rings. The van der Waals surface area contributed by atoms with Gasteiger partial charge in [0.25, 0.3) is 0 Å². The third-order valence-electron chi connectivity index (χ3n) is 3.69. The predicted molar refractivity (Wildman–Crippen MR) is 103 cm³/mol. The van der Waals surface area contributed by atoms with Gasteiger partial charge in [-0.3, -0.25) is 9.00 Å². The predicted octanol–water partition coefficient (Wildman–Crippen LogP) is 3.45. The first-order valence-electron chi connectivity index (χ1n) is 8.16. The SMILES string of the molecule is Cc1cc(=O)cc(C)n1/C=C/c1ccc(OC(F)F)c(OCCS(C)=O)c1. The number of benzene rings is 1. The lowest BCUT2D eigenvalue weighted by Crippen LogP contribution is -2.09. The Bertz CT molecular complexity index is 883. The number of pyridine rings is 1. The van der Waals surface area contributed by atoms with Crippen LogP contribution in [0, 0.1) is 13.8 Å². The average Bonchev–Trinajstić information content (AvgIpc) is 2.55. The van der Waals surface area contributed by atoms with E-state index in [2.05, 4.69) is 4.74 Å². The van der Waals surface area contributed by atoms with Crippen molar-refractivity contribution in [3.05, 3.63) is 57.5 Å². The van der Waals surface area contributed by atoms with Crippen LogP contribution in [0.15, 0.2) is 35.1 Å². The molecule has 0 fully saturated rings. The molecule has 0 amide bonds. The van der Waals surface area contributed by atoms with Crippen LogP contribution in [0.1, 0.15) is 17.0 Å². The minimum absolute atomic E-state index is 0.0628. The van der Waals surface area contributed by atoms with Crippen molar-refractivity contribution < 1.29 is 22.5 Å². The van der Waals surface area contributed by atoms with Crippen LogP contribution in [-0.4, -0.2) is 34.0 Å². The van der Waals surface area contributed by atoms with Crippen molar-refractivity contribution in [3.8, 4) is 11.5 Å². The quantitative estimate of drug-likeness (QED) is 0.685. The van der Waals surface area contributed by atoms with Crippen LogP contribution in [0.5, 0.6) is 11.5 Å². The molecular weight excluding hydrogens is 376 g/mol. The Hall–Kier alpha value is -2.48. The first-order chi connectivity index (χ1) is 12.8. The van der Waals surface area contributed by atoms with Gasteiger partial charge in [-0.05, 0) is 37.6 Å². The molecule has 0 aliphatic carbocycles. The topological polar surface area (TPSA) is 57.5 Å². The summed E-state index contributed by atoms with van der Waals surface area (Å²) < 4.78 is 48.1. The van der Waals surface area contributed by atoms with Crippen molar-refractivity contribution in [1.82, 2.24) is 4.57 Å². The van der Waals surface area contributed by atoms with Crippen LogP contribution in [0.4, 0.5) is 8.78 Å². The zero-order valence-corrected chi connectivity index (χ0v) is 16.1. The summed E-state index contributed by atoms with van der Waals surface area (Å²) in [6.45, 7) is 0.781. The van der Waals surface area contributed by atoms with Crippen LogP contribution in [-0.2, 0) is 10.8 Å². The Balaban J connectivity index is 2.29.